The number of benzene rings is 1. The molecule has 1 aromatic rings. The van der Waals surface area contributed by atoms with Crippen LogP contribution < -0.4 is 5.73 Å². The van der Waals surface area contributed by atoms with Crippen LogP contribution in [0.1, 0.15) is 43.6 Å². The van der Waals surface area contributed by atoms with E-state index in [-0.39, 0.29) is 0 Å². The molecule has 4 saturated carbocycles. The molecule has 2 heteroatoms. The van der Waals surface area contributed by atoms with E-state index in [0.29, 0.717) is 5.92 Å². The van der Waals surface area contributed by atoms with Crippen molar-refractivity contribution >= 4 is 17.3 Å². The van der Waals surface area contributed by atoms with E-state index >= 15 is 0 Å². The SMILES string of the molecule is Nc1ccc(C2C3CC4CC(C3)CC2C4)c(Cl)c1. The second-order valence-electron chi connectivity index (χ2n) is 6.74. The van der Waals surface area contributed by atoms with Crippen LogP contribution >= 0.6 is 11.6 Å². The van der Waals surface area contributed by atoms with Gasteiger partial charge >= 0.3 is 0 Å². The first-order valence-corrected chi connectivity index (χ1v) is 7.63. The summed E-state index contributed by atoms with van der Waals surface area (Å²) < 4.78 is 0. The molecule has 0 unspecified atom stereocenters. The molecule has 2 N–H and O–H groups in total. The van der Waals surface area contributed by atoms with Crippen LogP contribution in [0.2, 0.25) is 5.02 Å². The fraction of sp³-hybridized carbons (Fsp3) is 0.625. The zero-order valence-electron chi connectivity index (χ0n) is 10.6. The summed E-state index contributed by atoms with van der Waals surface area (Å²) in [6.07, 6.45) is 7.28. The van der Waals surface area contributed by atoms with Crippen molar-refractivity contribution in [1.29, 1.82) is 0 Å². The Bertz CT molecular complexity index is 454. The van der Waals surface area contributed by atoms with E-state index in [2.05, 4.69) is 6.07 Å². The van der Waals surface area contributed by atoms with E-state index in [1.54, 1.807) is 0 Å². The predicted octanol–water partition coefficient (Wildman–Crippen LogP) is 4.46. The van der Waals surface area contributed by atoms with Crippen molar-refractivity contribution in [1.82, 2.24) is 0 Å². The molecule has 4 fully saturated rings. The van der Waals surface area contributed by atoms with Gasteiger partial charge in [-0.2, -0.15) is 0 Å². The first-order chi connectivity index (χ1) is 8.70. The van der Waals surface area contributed by atoms with Crippen molar-refractivity contribution in [3.05, 3.63) is 28.8 Å². The van der Waals surface area contributed by atoms with Gasteiger partial charge in [0.05, 0.1) is 0 Å². The van der Waals surface area contributed by atoms with Gasteiger partial charge in [0, 0.05) is 10.7 Å². The van der Waals surface area contributed by atoms with Gasteiger partial charge in [-0.25, -0.2) is 0 Å². The standard InChI is InChI=1S/C16H20ClN/c17-15-8-13(18)1-2-14(15)16-11-4-9-3-10(6-11)7-12(16)5-9/h1-2,8-12,16H,3-7,18H2. The Kier molecular flexibility index (Phi) is 2.42. The lowest BCUT2D eigenvalue weighted by atomic mass is 9.51. The molecular weight excluding hydrogens is 242 g/mol. The van der Waals surface area contributed by atoms with Crippen LogP contribution in [0, 0.1) is 23.7 Å². The van der Waals surface area contributed by atoms with Gasteiger partial charge in [0.25, 0.3) is 0 Å². The Morgan fingerprint density at radius 3 is 2.11 bits per heavy atom. The van der Waals surface area contributed by atoms with E-state index in [1.807, 2.05) is 12.1 Å². The molecule has 18 heavy (non-hydrogen) atoms. The van der Waals surface area contributed by atoms with E-state index in [0.717, 1.165) is 34.4 Å². The van der Waals surface area contributed by atoms with Crippen LogP contribution in [-0.4, -0.2) is 0 Å². The molecule has 4 aliphatic carbocycles. The summed E-state index contributed by atoms with van der Waals surface area (Å²) in [6, 6.07) is 6.14. The summed E-state index contributed by atoms with van der Waals surface area (Å²) in [4.78, 5) is 0. The molecule has 0 aliphatic heterocycles. The van der Waals surface area contributed by atoms with Crippen molar-refractivity contribution in [3.8, 4) is 0 Å². The highest BCUT2D eigenvalue weighted by molar-refractivity contribution is 6.31. The molecule has 0 aromatic heterocycles. The summed E-state index contributed by atoms with van der Waals surface area (Å²) in [7, 11) is 0. The third-order valence-corrected chi connectivity index (χ3v) is 5.94. The molecule has 1 aromatic carbocycles. The van der Waals surface area contributed by atoms with Crippen molar-refractivity contribution in [2.45, 2.75) is 38.0 Å². The maximum absolute atomic E-state index is 6.44. The maximum Gasteiger partial charge on any atom is 0.0461 e. The Hall–Kier alpha value is -0.690. The molecular formula is C16H20ClN. The van der Waals surface area contributed by atoms with Gasteiger partial charge in [-0.05, 0) is 79.4 Å². The number of anilines is 1. The van der Waals surface area contributed by atoms with E-state index in [9.17, 15) is 0 Å². The van der Waals surface area contributed by atoms with Crippen LogP contribution in [0.4, 0.5) is 5.69 Å². The van der Waals surface area contributed by atoms with Crippen molar-refractivity contribution in [2.24, 2.45) is 23.7 Å². The maximum atomic E-state index is 6.44. The van der Waals surface area contributed by atoms with Gasteiger partial charge in [-0.1, -0.05) is 17.7 Å². The molecule has 0 amide bonds. The fourth-order valence-electron chi connectivity index (χ4n) is 5.25. The Balaban J connectivity index is 1.72. The van der Waals surface area contributed by atoms with Gasteiger partial charge in [0.15, 0.2) is 0 Å². The molecule has 0 heterocycles. The highest BCUT2D eigenvalue weighted by atomic mass is 35.5. The number of nitrogens with two attached hydrogens (primary N) is 1. The zero-order valence-corrected chi connectivity index (χ0v) is 11.4. The number of nitrogen functional groups attached to an aromatic ring is 1. The van der Waals surface area contributed by atoms with Gasteiger partial charge in [0.1, 0.15) is 0 Å². The third-order valence-electron chi connectivity index (χ3n) is 5.61. The number of halogens is 1. The average molecular weight is 262 g/mol. The Labute approximate surface area is 114 Å². The number of rotatable bonds is 1. The molecule has 5 rings (SSSR count). The largest absolute Gasteiger partial charge is 0.399 e. The van der Waals surface area contributed by atoms with Gasteiger partial charge < -0.3 is 5.73 Å². The fourth-order valence-corrected chi connectivity index (χ4v) is 5.56. The zero-order chi connectivity index (χ0) is 12.3. The topological polar surface area (TPSA) is 26.0 Å². The summed E-state index contributed by atoms with van der Waals surface area (Å²) in [6.45, 7) is 0. The molecule has 0 radical (unpaired) electrons. The first-order valence-electron chi connectivity index (χ1n) is 7.25. The predicted molar refractivity (Wildman–Crippen MR) is 75.7 cm³/mol. The monoisotopic (exact) mass is 261 g/mol. The highest BCUT2D eigenvalue weighted by Crippen LogP contribution is 2.60. The minimum Gasteiger partial charge on any atom is -0.399 e. The molecule has 96 valence electrons. The van der Waals surface area contributed by atoms with Crippen LogP contribution in [0.3, 0.4) is 0 Å². The average Bonchev–Trinajstić information content (AvgIpc) is 2.30. The van der Waals surface area contributed by atoms with Gasteiger partial charge in [0.2, 0.25) is 0 Å². The molecule has 1 nitrogen and oxygen atoms in total. The molecule has 0 atom stereocenters. The lowest BCUT2D eigenvalue weighted by molar-refractivity contribution is -0.00274. The highest BCUT2D eigenvalue weighted by Gasteiger charge is 2.48. The lowest BCUT2D eigenvalue weighted by Gasteiger charge is -2.54. The summed E-state index contributed by atoms with van der Waals surface area (Å²) in [5, 5.41) is 0.896. The quantitative estimate of drug-likeness (QED) is 0.742. The first kappa shape index (κ1) is 11.2. The van der Waals surface area contributed by atoms with Crippen LogP contribution in [0.25, 0.3) is 0 Å². The molecule has 4 aliphatic rings. The minimum absolute atomic E-state index is 0.714. The number of hydrogen-bond donors (Lipinski definition) is 1. The van der Waals surface area contributed by atoms with Crippen molar-refractivity contribution in [3.63, 3.8) is 0 Å². The molecule has 4 bridgehead atoms. The van der Waals surface area contributed by atoms with Crippen molar-refractivity contribution < 1.29 is 0 Å². The van der Waals surface area contributed by atoms with Crippen LogP contribution in [0.15, 0.2) is 18.2 Å². The number of hydrogen-bond acceptors (Lipinski definition) is 1. The van der Waals surface area contributed by atoms with Gasteiger partial charge in [-0.15, -0.1) is 0 Å². The Morgan fingerprint density at radius 2 is 1.56 bits per heavy atom. The van der Waals surface area contributed by atoms with Gasteiger partial charge in [-0.3, -0.25) is 0 Å². The van der Waals surface area contributed by atoms with E-state index in [1.165, 1.54) is 37.7 Å². The van der Waals surface area contributed by atoms with Crippen molar-refractivity contribution in [2.75, 3.05) is 5.73 Å². The Morgan fingerprint density at radius 1 is 0.944 bits per heavy atom. The molecule has 0 saturated heterocycles. The normalized spacial score (nSPS) is 41.3. The summed E-state index contributed by atoms with van der Waals surface area (Å²) >= 11 is 6.44. The van der Waals surface area contributed by atoms with E-state index in [4.69, 9.17) is 17.3 Å². The minimum atomic E-state index is 0.714. The molecule has 0 spiro atoms. The second-order valence-corrected chi connectivity index (χ2v) is 7.14. The van der Waals surface area contributed by atoms with Crippen LogP contribution in [-0.2, 0) is 0 Å². The second kappa shape index (κ2) is 3.90. The smallest absolute Gasteiger partial charge is 0.0461 e. The summed E-state index contributed by atoms with van der Waals surface area (Å²) in [5.41, 5.74) is 7.98. The summed E-state index contributed by atoms with van der Waals surface area (Å²) in [5.74, 6) is 4.54. The van der Waals surface area contributed by atoms with Crippen LogP contribution in [0.5, 0.6) is 0 Å². The third kappa shape index (κ3) is 1.60. The van der Waals surface area contributed by atoms with E-state index < -0.39 is 0 Å². The lowest BCUT2D eigenvalue weighted by Crippen LogP contribution is -2.43.